The Labute approximate surface area is 227 Å². The van der Waals surface area contributed by atoms with Crippen molar-refractivity contribution in [2.24, 2.45) is 0 Å². The molecule has 4 aromatic rings. The largest absolute Gasteiger partial charge is 0.490 e. The quantitative estimate of drug-likeness (QED) is 0.307. The van der Waals surface area contributed by atoms with Gasteiger partial charge < -0.3 is 9.64 Å². The maximum Gasteiger partial charge on any atom is 0.490 e. The number of alkyl halides is 3. The number of fused-ring (bicyclic) bond motifs is 2. The molecule has 0 unspecified atom stereocenters. The van der Waals surface area contributed by atoms with E-state index in [4.69, 9.17) is 9.72 Å². The Hall–Kier alpha value is -3.50. The number of esters is 1. The second-order valence-corrected chi connectivity index (χ2v) is 11.2. The van der Waals surface area contributed by atoms with Crippen molar-refractivity contribution in [3.63, 3.8) is 0 Å². The van der Waals surface area contributed by atoms with Gasteiger partial charge in [0.1, 0.15) is 6.10 Å². The fourth-order valence-electron chi connectivity index (χ4n) is 5.64. The van der Waals surface area contributed by atoms with E-state index < -0.39 is 24.3 Å². The molecule has 0 N–H and O–H groups in total. The number of hydrogen-bond acceptors (Lipinski definition) is 6. The first kappa shape index (κ1) is 25.8. The van der Waals surface area contributed by atoms with Gasteiger partial charge in [-0.3, -0.25) is 9.69 Å². The summed E-state index contributed by atoms with van der Waals surface area (Å²) in [5.41, 5.74) is 1.42. The van der Waals surface area contributed by atoms with Crippen LogP contribution in [0.3, 0.4) is 0 Å². The van der Waals surface area contributed by atoms with Crippen LogP contribution >= 0.6 is 11.3 Å². The molecule has 1 aromatic heterocycles. The summed E-state index contributed by atoms with van der Waals surface area (Å²) in [5, 5.41) is 2.95. The number of benzene rings is 3. The number of aromatic nitrogens is 1. The summed E-state index contributed by atoms with van der Waals surface area (Å²) in [6.07, 6.45) is -4.59. The van der Waals surface area contributed by atoms with E-state index in [2.05, 4.69) is 4.90 Å². The normalized spacial score (nSPS) is 21.1. The van der Waals surface area contributed by atoms with E-state index in [1.54, 1.807) is 23.5 Å². The standard InChI is InChI=1S/C29H26F3N3O3S/c30-29(31,32)28(37)38-24-17-35(27(36)21-10-9-18-5-1-2-6-20(18)15-21)16-23(24)34-13-11-19(12-14-34)26-33-22-7-3-4-8-25(22)39-26/h1-10,15,19,23-24H,11-14,16-17H2/t23-,24-/m0/s1. The molecular weight excluding hydrogens is 527 g/mol. The molecule has 0 radical (unpaired) electrons. The monoisotopic (exact) mass is 553 g/mol. The Morgan fingerprint density at radius 1 is 0.923 bits per heavy atom. The summed E-state index contributed by atoms with van der Waals surface area (Å²) in [6.45, 7) is 1.33. The van der Waals surface area contributed by atoms with Crippen LogP contribution in [0.2, 0.25) is 0 Å². The number of likely N-dealkylation sites (tertiary alicyclic amines) is 2. The predicted molar refractivity (Wildman–Crippen MR) is 143 cm³/mol. The van der Waals surface area contributed by atoms with Crippen LogP contribution in [0.5, 0.6) is 0 Å². The third kappa shape index (κ3) is 5.23. The minimum absolute atomic E-state index is 0.0874. The van der Waals surface area contributed by atoms with Crippen molar-refractivity contribution in [2.45, 2.75) is 37.1 Å². The van der Waals surface area contributed by atoms with Gasteiger partial charge in [-0.2, -0.15) is 13.2 Å². The van der Waals surface area contributed by atoms with Crippen LogP contribution in [-0.2, 0) is 9.53 Å². The Kier molecular flexibility index (Phi) is 6.76. The van der Waals surface area contributed by atoms with Gasteiger partial charge in [0.2, 0.25) is 0 Å². The van der Waals surface area contributed by atoms with Crippen molar-refractivity contribution < 1.29 is 27.5 Å². The summed E-state index contributed by atoms with van der Waals surface area (Å²) in [7, 11) is 0. The van der Waals surface area contributed by atoms with E-state index in [0.29, 0.717) is 18.7 Å². The van der Waals surface area contributed by atoms with Gasteiger partial charge in [0.25, 0.3) is 5.91 Å². The zero-order valence-corrected chi connectivity index (χ0v) is 21.8. The molecule has 1 amide bonds. The number of carbonyl (C=O) groups is 2. The van der Waals surface area contributed by atoms with Crippen LogP contribution < -0.4 is 0 Å². The van der Waals surface area contributed by atoms with Crippen LogP contribution in [0.4, 0.5) is 13.2 Å². The molecule has 2 aliphatic heterocycles. The van der Waals surface area contributed by atoms with Crippen molar-refractivity contribution in [3.05, 3.63) is 77.3 Å². The first-order valence-electron chi connectivity index (χ1n) is 12.9. The summed E-state index contributed by atoms with van der Waals surface area (Å²) >= 11 is 1.67. The lowest BCUT2D eigenvalue weighted by Gasteiger charge is -2.37. The molecule has 6 nitrogen and oxygen atoms in total. The third-order valence-electron chi connectivity index (χ3n) is 7.67. The summed E-state index contributed by atoms with van der Waals surface area (Å²) < 4.78 is 45.4. The average molecular weight is 554 g/mol. The van der Waals surface area contributed by atoms with Crippen molar-refractivity contribution in [3.8, 4) is 0 Å². The lowest BCUT2D eigenvalue weighted by Crippen LogP contribution is -2.49. The second-order valence-electron chi connectivity index (χ2n) is 10.1. The number of ether oxygens (including phenoxy) is 1. The maximum atomic E-state index is 13.4. The van der Waals surface area contributed by atoms with Gasteiger partial charge in [0.05, 0.1) is 27.8 Å². The van der Waals surface area contributed by atoms with Crippen LogP contribution in [-0.4, -0.2) is 71.2 Å². The van der Waals surface area contributed by atoms with E-state index in [-0.39, 0.29) is 24.9 Å². The molecular formula is C29H26F3N3O3S. The Morgan fingerprint density at radius 3 is 2.38 bits per heavy atom. The number of rotatable bonds is 4. The first-order chi connectivity index (χ1) is 18.8. The number of piperidine rings is 1. The van der Waals surface area contributed by atoms with Crippen molar-refractivity contribution in [2.75, 3.05) is 26.2 Å². The smallest absolute Gasteiger partial charge is 0.452 e. The molecule has 0 saturated carbocycles. The SMILES string of the molecule is O=C(c1ccc2ccccc2c1)N1C[C@H](OC(=O)C(F)(F)F)[C@@H](N2CCC(c3nc4ccccc4s3)CC2)C1. The number of hydrogen-bond donors (Lipinski definition) is 0. The highest BCUT2D eigenvalue weighted by atomic mass is 32.1. The van der Waals surface area contributed by atoms with Crippen molar-refractivity contribution in [1.29, 1.82) is 0 Å². The molecule has 0 aliphatic carbocycles. The number of halogens is 3. The topological polar surface area (TPSA) is 62.7 Å². The van der Waals surface area contributed by atoms with Crippen molar-refractivity contribution >= 4 is 44.2 Å². The first-order valence-corrected chi connectivity index (χ1v) is 13.7. The van der Waals surface area contributed by atoms with Gasteiger partial charge in [0, 0.05) is 18.0 Å². The van der Waals surface area contributed by atoms with E-state index in [9.17, 15) is 22.8 Å². The molecule has 3 aromatic carbocycles. The van der Waals surface area contributed by atoms with E-state index >= 15 is 0 Å². The highest BCUT2D eigenvalue weighted by Crippen LogP contribution is 2.36. The van der Waals surface area contributed by atoms with Gasteiger partial charge in [-0.15, -0.1) is 11.3 Å². The van der Waals surface area contributed by atoms with Crippen LogP contribution in [0.25, 0.3) is 21.0 Å². The summed E-state index contributed by atoms with van der Waals surface area (Å²) in [6, 6.07) is 20.5. The molecule has 3 heterocycles. The van der Waals surface area contributed by atoms with Gasteiger partial charge in [-0.1, -0.05) is 42.5 Å². The second kappa shape index (κ2) is 10.2. The average Bonchev–Trinajstić information content (AvgIpc) is 3.56. The Morgan fingerprint density at radius 2 is 1.64 bits per heavy atom. The highest BCUT2D eigenvalue weighted by molar-refractivity contribution is 7.18. The molecule has 2 fully saturated rings. The number of nitrogens with zero attached hydrogens (tertiary/aromatic N) is 3. The third-order valence-corrected chi connectivity index (χ3v) is 8.87. The van der Waals surface area contributed by atoms with Gasteiger partial charge in [-0.05, 0) is 61.0 Å². The van der Waals surface area contributed by atoms with E-state index in [0.717, 1.165) is 38.8 Å². The van der Waals surface area contributed by atoms with Crippen LogP contribution in [0.15, 0.2) is 66.7 Å². The van der Waals surface area contributed by atoms with E-state index in [1.807, 2.05) is 54.6 Å². The number of amides is 1. The fraction of sp³-hybridized carbons (Fsp3) is 0.345. The molecule has 6 rings (SSSR count). The lowest BCUT2D eigenvalue weighted by atomic mass is 9.95. The molecule has 39 heavy (non-hydrogen) atoms. The van der Waals surface area contributed by atoms with Gasteiger partial charge >= 0.3 is 12.1 Å². The predicted octanol–water partition coefficient (Wildman–Crippen LogP) is 5.63. The number of carbonyl (C=O) groups excluding carboxylic acids is 2. The molecule has 202 valence electrons. The summed E-state index contributed by atoms with van der Waals surface area (Å²) in [5.74, 6) is -2.26. The van der Waals surface area contributed by atoms with Gasteiger partial charge in [-0.25, -0.2) is 9.78 Å². The minimum Gasteiger partial charge on any atom is -0.452 e. The molecule has 2 aliphatic rings. The Balaban J connectivity index is 1.19. The van der Waals surface area contributed by atoms with Crippen LogP contribution in [0, 0.1) is 0 Å². The molecule has 0 bridgehead atoms. The highest BCUT2D eigenvalue weighted by Gasteiger charge is 2.48. The van der Waals surface area contributed by atoms with Crippen molar-refractivity contribution in [1.82, 2.24) is 14.8 Å². The lowest BCUT2D eigenvalue weighted by molar-refractivity contribution is -0.206. The molecule has 2 saturated heterocycles. The zero-order valence-electron chi connectivity index (χ0n) is 20.9. The Bertz CT molecular complexity index is 1500. The van der Waals surface area contributed by atoms with Gasteiger partial charge in [0.15, 0.2) is 0 Å². The fourth-order valence-corrected chi connectivity index (χ4v) is 6.78. The molecule has 2 atom stereocenters. The molecule has 10 heteroatoms. The maximum absolute atomic E-state index is 13.4. The minimum atomic E-state index is -5.10. The molecule has 0 spiro atoms. The summed E-state index contributed by atoms with van der Waals surface area (Å²) in [4.78, 5) is 33.5. The number of para-hydroxylation sites is 1. The van der Waals surface area contributed by atoms with E-state index in [1.165, 1.54) is 4.90 Å². The number of thiazole rings is 1. The zero-order chi connectivity index (χ0) is 27.1. The van der Waals surface area contributed by atoms with Crippen LogP contribution in [0.1, 0.15) is 34.1 Å².